The number of hydrogen-bond donors (Lipinski definition) is 1. The van der Waals surface area contributed by atoms with Gasteiger partial charge in [0.2, 0.25) is 0 Å². The number of pyridine rings is 1. The van der Waals surface area contributed by atoms with E-state index in [2.05, 4.69) is 26.2 Å². The second kappa shape index (κ2) is 6.48. The van der Waals surface area contributed by atoms with E-state index in [1.807, 2.05) is 0 Å². The number of carbonyl (C=O) groups excluding carboxylic acids is 1. The summed E-state index contributed by atoms with van der Waals surface area (Å²) in [5, 5.41) is 2.46. The zero-order chi connectivity index (χ0) is 15.5. The summed E-state index contributed by atoms with van der Waals surface area (Å²) < 4.78 is 37.8. The summed E-state index contributed by atoms with van der Waals surface area (Å²) in [6, 6.07) is 8.82. The molecular formula is C13H8BrF3N2OS. The third-order valence-electron chi connectivity index (χ3n) is 2.36. The van der Waals surface area contributed by atoms with Gasteiger partial charge in [0, 0.05) is 11.1 Å². The largest absolute Gasteiger partial charge is 0.446 e. The average molecular weight is 377 g/mol. The van der Waals surface area contributed by atoms with Crippen LogP contribution in [0.15, 0.2) is 52.1 Å². The molecule has 0 aliphatic heterocycles. The zero-order valence-corrected chi connectivity index (χ0v) is 12.7. The maximum Gasteiger partial charge on any atom is 0.446 e. The highest BCUT2D eigenvalue weighted by Gasteiger charge is 2.30. The molecule has 1 aromatic heterocycles. The van der Waals surface area contributed by atoms with E-state index in [1.54, 1.807) is 12.1 Å². The number of halogens is 4. The Kier molecular flexibility index (Phi) is 4.89. The summed E-state index contributed by atoms with van der Waals surface area (Å²) >= 11 is 2.85. The molecule has 0 aliphatic carbocycles. The van der Waals surface area contributed by atoms with E-state index < -0.39 is 11.4 Å². The minimum atomic E-state index is -4.42. The minimum absolute atomic E-state index is 0.0710. The van der Waals surface area contributed by atoms with Gasteiger partial charge in [-0.15, -0.1) is 0 Å². The van der Waals surface area contributed by atoms with Gasteiger partial charge in [0.15, 0.2) is 0 Å². The molecule has 1 aromatic carbocycles. The van der Waals surface area contributed by atoms with Crippen LogP contribution >= 0.6 is 27.7 Å². The molecule has 1 amide bonds. The van der Waals surface area contributed by atoms with E-state index >= 15 is 0 Å². The van der Waals surface area contributed by atoms with Crippen molar-refractivity contribution in [3.8, 4) is 0 Å². The number of benzene rings is 1. The van der Waals surface area contributed by atoms with Crippen molar-refractivity contribution < 1.29 is 18.0 Å². The number of carbonyl (C=O) groups is 1. The molecule has 21 heavy (non-hydrogen) atoms. The van der Waals surface area contributed by atoms with Crippen LogP contribution in [-0.4, -0.2) is 16.4 Å². The second-order valence-electron chi connectivity index (χ2n) is 3.84. The summed E-state index contributed by atoms with van der Waals surface area (Å²) in [5.74, 6) is -0.537. The fraction of sp³-hybridized carbons (Fsp3) is 0.0769. The number of anilines is 1. The molecule has 0 bridgehead atoms. The minimum Gasteiger partial charge on any atom is -0.321 e. The van der Waals surface area contributed by atoms with E-state index in [-0.39, 0.29) is 27.9 Å². The molecule has 0 aliphatic rings. The molecule has 2 rings (SSSR count). The molecule has 3 nitrogen and oxygen atoms in total. The molecule has 0 radical (unpaired) electrons. The third kappa shape index (κ3) is 4.47. The van der Waals surface area contributed by atoms with Gasteiger partial charge in [-0.3, -0.25) is 4.79 Å². The Morgan fingerprint density at radius 1 is 1.19 bits per heavy atom. The lowest BCUT2D eigenvalue weighted by Crippen LogP contribution is -2.14. The van der Waals surface area contributed by atoms with Gasteiger partial charge >= 0.3 is 5.51 Å². The molecule has 0 saturated carbocycles. The number of amides is 1. The number of nitrogens with zero attached hydrogens (tertiary/aromatic N) is 1. The second-order valence-corrected chi connectivity index (χ2v) is 5.70. The summed E-state index contributed by atoms with van der Waals surface area (Å²) in [5.41, 5.74) is -4.08. The van der Waals surface area contributed by atoms with E-state index in [0.717, 1.165) is 0 Å². The van der Waals surface area contributed by atoms with Crippen LogP contribution < -0.4 is 5.32 Å². The fourth-order valence-corrected chi connectivity index (χ4v) is 2.58. The third-order valence-corrected chi connectivity index (χ3v) is 3.80. The summed E-state index contributed by atoms with van der Waals surface area (Å²) in [4.78, 5) is 15.9. The predicted molar refractivity (Wildman–Crippen MR) is 78.2 cm³/mol. The number of hydrogen-bond acceptors (Lipinski definition) is 3. The van der Waals surface area contributed by atoms with Crippen molar-refractivity contribution in [2.24, 2.45) is 0 Å². The lowest BCUT2D eigenvalue weighted by molar-refractivity contribution is -0.0328. The lowest BCUT2D eigenvalue weighted by atomic mass is 10.2. The predicted octanol–water partition coefficient (Wildman–Crippen LogP) is 4.71. The summed E-state index contributed by atoms with van der Waals surface area (Å²) in [6.45, 7) is 0. The van der Waals surface area contributed by atoms with Crippen LogP contribution in [0.2, 0.25) is 0 Å². The maximum atomic E-state index is 12.5. The van der Waals surface area contributed by atoms with Crippen molar-refractivity contribution in [2.45, 2.75) is 10.4 Å². The first kappa shape index (κ1) is 15.8. The van der Waals surface area contributed by atoms with E-state index in [9.17, 15) is 18.0 Å². The van der Waals surface area contributed by atoms with Gasteiger partial charge in [0.1, 0.15) is 4.60 Å². The summed E-state index contributed by atoms with van der Waals surface area (Å²) in [7, 11) is 0. The highest BCUT2D eigenvalue weighted by atomic mass is 79.9. The van der Waals surface area contributed by atoms with Crippen LogP contribution in [0.5, 0.6) is 0 Å². The lowest BCUT2D eigenvalue weighted by Gasteiger charge is -2.12. The number of rotatable bonds is 3. The number of para-hydroxylation sites is 1. The van der Waals surface area contributed by atoms with Gasteiger partial charge in [0.25, 0.3) is 5.91 Å². The van der Waals surface area contributed by atoms with Gasteiger partial charge < -0.3 is 5.32 Å². The molecule has 0 atom stereocenters. The molecule has 1 heterocycles. The highest BCUT2D eigenvalue weighted by Crippen LogP contribution is 2.40. The molecule has 110 valence electrons. The Bertz CT molecular complexity index is 664. The molecule has 1 N–H and O–H groups in total. The Morgan fingerprint density at radius 2 is 1.90 bits per heavy atom. The van der Waals surface area contributed by atoms with Gasteiger partial charge in [-0.1, -0.05) is 12.1 Å². The van der Waals surface area contributed by atoms with Crippen LogP contribution in [0.3, 0.4) is 0 Å². The van der Waals surface area contributed by atoms with Crippen molar-refractivity contribution in [2.75, 3.05) is 5.32 Å². The molecule has 2 aromatic rings. The first-order chi connectivity index (χ1) is 9.87. The van der Waals surface area contributed by atoms with Crippen LogP contribution in [0.1, 0.15) is 10.4 Å². The van der Waals surface area contributed by atoms with E-state index in [0.29, 0.717) is 4.60 Å². The molecule has 0 saturated heterocycles. The smallest absolute Gasteiger partial charge is 0.321 e. The molecule has 8 heteroatoms. The molecule has 0 unspecified atom stereocenters. The number of aromatic nitrogens is 1. The van der Waals surface area contributed by atoms with Crippen molar-refractivity contribution in [1.29, 1.82) is 0 Å². The van der Waals surface area contributed by atoms with Gasteiger partial charge in [-0.25, -0.2) is 4.98 Å². The van der Waals surface area contributed by atoms with Gasteiger partial charge in [-0.2, -0.15) is 13.2 Å². The molecule has 0 fully saturated rings. The monoisotopic (exact) mass is 376 g/mol. The van der Waals surface area contributed by atoms with Crippen LogP contribution in [-0.2, 0) is 0 Å². The summed E-state index contributed by atoms with van der Waals surface area (Å²) in [6.07, 6.45) is 1.49. The zero-order valence-electron chi connectivity index (χ0n) is 10.3. The fourth-order valence-electron chi connectivity index (χ4n) is 1.53. The van der Waals surface area contributed by atoms with Crippen molar-refractivity contribution in [3.63, 3.8) is 0 Å². The molecule has 0 spiro atoms. The standard InChI is InChI=1S/C13H8BrF3N2OS/c14-11-8(4-3-7-18-11)12(20)19-9-5-1-2-6-10(9)21-13(15,16)17/h1-7H,(H,19,20). The van der Waals surface area contributed by atoms with E-state index in [1.165, 1.54) is 30.5 Å². The SMILES string of the molecule is O=C(Nc1ccccc1SC(F)(F)F)c1cccnc1Br. The Morgan fingerprint density at radius 3 is 2.57 bits per heavy atom. The Hall–Kier alpha value is -1.54. The first-order valence-corrected chi connectivity index (χ1v) is 7.24. The number of nitrogens with one attached hydrogen (secondary N) is 1. The van der Waals surface area contributed by atoms with Crippen molar-refractivity contribution in [3.05, 3.63) is 52.8 Å². The maximum absolute atomic E-state index is 12.5. The van der Waals surface area contributed by atoms with E-state index in [4.69, 9.17) is 0 Å². The topological polar surface area (TPSA) is 42.0 Å². The average Bonchev–Trinajstić information content (AvgIpc) is 2.40. The Balaban J connectivity index is 2.24. The quantitative estimate of drug-likeness (QED) is 0.623. The normalized spacial score (nSPS) is 11.2. The number of alkyl halides is 3. The van der Waals surface area contributed by atoms with Gasteiger partial charge in [-0.05, 0) is 52.0 Å². The van der Waals surface area contributed by atoms with Crippen molar-refractivity contribution >= 4 is 39.3 Å². The van der Waals surface area contributed by atoms with Crippen molar-refractivity contribution in [1.82, 2.24) is 4.98 Å². The van der Waals surface area contributed by atoms with Crippen LogP contribution in [0.4, 0.5) is 18.9 Å². The Labute approximate surface area is 131 Å². The molecular weight excluding hydrogens is 369 g/mol. The number of thioether (sulfide) groups is 1. The van der Waals surface area contributed by atoms with Crippen LogP contribution in [0, 0.1) is 0 Å². The highest BCUT2D eigenvalue weighted by molar-refractivity contribution is 9.10. The van der Waals surface area contributed by atoms with Gasteiger partial charge in [0.05, 0.1) is 11.3 Å². The van der Waals surface area contributed by atoms with Crippen LogP contribution in [0.25, 0.3) is 0 Å². The first-order valence-electron chi connectivity index (χ1n) is 5.63.